The lowest BCUT2D eigenvalue weighted by atomic mass is 10.0. The molecule has 1 atom stereocenters. The van der Waals surface area contributed by atoms with E-state index in [1.54, 1.807) is 24.3 Å². The van der Waals surface area contributed by atoms with Crippen molar-refractivity contribution in [3.05, 3.63) is 65.7 Å². The fourth-order valence-corrected chi connectivity index (χ4v) is 4.71. The van der Waals surface area contributed by atoms with Gasteiger partial charge in [-0.15, -0.1) is 0 Å². The van der Waals surface area contributed by atoms with Gasteiger partial charge in [0.2, 0.25) is 0 Å². The zero-order valence-electron chi connectivity index (χ0n) is 14.7. The topological polar surface area (TPSA) is 80.5 Å². The Morgan fingerprint density at radius 1 is 1.04 bits per heavy atom. The number of amides is 1. The lowest BCUT2D eigenvalue weighted by Crippen LogP contribution is -2.47. The standard InChI is InChI=1S/C20H24N2O3S/c21-14-18-8-4-5-13-22(18)20(23)17-9-11-19(12-10-17)26(24,25)15-16-6-2-1-3-7-16/h1-3,6-7,9-12,18H,4-5,8,13-15,21H2. The summed E-state index contributed by atoms with van der Waals surface area (Å²) in [5, 5.41) is 0. The second-order valence-corrected chi connectivity index (χ2v) is 8.64. The van der Waals surface area contributed by atoms with Crippen molar-refractivity contribution in [1.82, 2.24) is 4.90 Å². The van der Waals surface area contributed by atoms with Crippen LogP contribution in [0.3, 0.4) is 0 Å². The van der Waals surface area contributed by atoms with Gasteiger partial charge in [0.1, 0.15) is 0 Å². The summed E-state index contributed by atoms with van der Waals surface area (Å²) >= 11 is 0. The average molecular weight is 372 g/mol. The second-order valence-electron chi connectivity index (χ2n) is 6.65. The zero-order chi connectivity index (χ0) is 18.6. The van der Waals surface area contributed by atoms with E-state index in [1.165, 1.54) is 12.1 Å². The second kappa shape index (κ2) is 8.01. The van der Waals surface area contributed by atoms with E-state index in [0.29, 0.717) is 18.7 Å². The molecule has 0 spiro atoms. The Morgan fingerprint density at radius 2 is 1.73 bits per heavy atom. The molecule has 138 valence electrons. The van der Waals surface area contributed by atoms with Crippen molar-refractivity contribution in [1.29, 1.82) is 0 Å². The molecule has 3 rings (SSSR count). The van der Waals surface area contributed by atoms with E-state index in [1.807, 2.05) is 23.1 Å². The van der Waals surface area contributed by atoms with Crippen molar-refractivity contribution >= 4 is 15.7 Å². The van der Waals surface area contributed by atoms with Crippen molar-refractivity contribution in [3.8, 4) is 0 Å². The number of piperidine rings is 1. The maximum atomic E-state index is 12.7. The molecule has 1 aliphatic rings. The maximum absolute atomic E-state index is 12.7. The first-order valence-corrected chi connectivity index (χ1v) is 10.5. The molecule has 2 aromatic rings. The molecule has 6 heteroatoms. The lowest BCUT2D eigenvalue weighted by molar-refractivity contribution is 0.0623. The highest BCUT2D eigenvalue weighted by molar-refractivity contribution is 7.90. The number of nitrogens with zero attached hydrogens (tertiary/aromatic N) is 1. The predicted molar refractivity (Wildman–Crippen MR) is 102 cm³/mol. The first-order chi connectivity index (χ1) is 12.5. The van der Waals surface area contributed by atoms with E-state index in [-0.39, 0.29) is 22.6 Å². The molecule has 0 bridgehead atoms. The van der Waals surface area contributed by atoms with E-state index in [9.17, 15) is 13.2 Å². The number of rotatable bonds is 5. The predicted octanol–water partition coefficient (Wildman–Crippen LogP) is 2.61. The molecule has 0 aliphatic carbocycles. The lowest BCUT2D eigenvalue weighted by Gasteiger charge is -2.35. The Labute approximate surface area is 154 Å². The van der Waals surface area contributed by atoms with Gasteiger partial charge in [-0.05, 0) is 49.1 Å². The number of benzene rings is 2. The monoisotopic (exact) mass is 372 g/mol. The van der Waals surface area contributed by atoms with Crippen LogP contribution in [0.4, 0.5) is 0 Å². The van der Waals surface area contributed by atoms with Crippen LogP contribution in [0.5, 0.6) is 0 Å². The van der Waals surface area contributed by atoms with Gasteiger partial charge < -0.3 is 10.6 Å². The highest BCUT2D eigenvalue weighted by Gasteiger charge is 2.26. The van der Waals surface area contributed by atoms with Crippen molar-refractivity contribution in [2.24, 2.45) is 5.73 Å². The van der Waals surface area contributed by atoms with Crippen LogP contribution in [0.1, 0.15) is 35.2 Å². The van der Waals surface area contributed by atoms with Crippen LogP contribution in [0.2, 0.25) is 0 Å². The fourth-order valence-electron chi connectivity index (χ4n) is 3.36. The molecule has 1 unspecified atom stereocenters. The number of hydrogen-bond donors (Lipinski definition) is 1. The Hall–Kier alpha value is -2.18. The molecule has 0 aromatic heterocycles. The third kappa shape index (κ3) is 4.14. The van der Waals surface area contributed by atoms with E-state index in [4.69, 9.17) is 5.73 Å². The molecular weight excluding hydrogens is 348 g/mol. The molecule has 26 heavy (non-hydrogen) atoms. The molecule has 0 saturated carbocycles. The summed E-state index contributed by atoms with van der Waals surface area (Å²) in [5.74, 6) is -0.130. The van der Waals surface area contributed by atoms with Gasteiger partial charge in [0.15, 0.2) is 9.84 Å². The maximum Gasteiger partial charge on any atom is 0.254 e. The Morgan fingerprint density at radius 3 is 2.38 bits per heavy atom. The third-order valence-electron chi connectivity index (χ3n) is 4.82. The number of nitrogens with two attached hydrogens (primary N) is 1. The van der Waals surface area contributed by atoms with Crippen LogP contribution in [-0.4, -0.2) is 38.4 Å². The molecule has 2 N–H and O–H groups in total. The highest BCUT2D eigenvalue weighted by Crippen LogP contribution is 2.21. The summed E-state index contributed by atoms with van der Waals surface area (Å²) in [7, 11) is -3.44. The van der Waals surface area contributed by atoms with Gasteiger partial charge in [-0.2, -0.15) is 0 Å². The molecule has 0 radical (unpaired) electrons. The van der Waals surface area contributed by atoms with Crippen LogP contribution in [0.15, 0.2) is 59.5 Å². The van der Waals surface area contributed by atoms with Crippen molar-refractivity contribution in [2.75, 3.05) is 13.1 Å². The van der Waals surface area contributed by atoms with Gasteiger partial charge in [-0.3, -0.25) is 4.79 Å². The van der Waals surface area contributed by atoms with Crippen molar-refractivity contribution in [2.45, 2.75) is 36.0 Å². The van der Waals surface area contributed by atoms with Gasteiger partial charge in [0.25, 0.3) is 5.91 Å². The molecule has 1 amide bonds. The summed E-state index contributed by atoms with van der Waals surface area (Å²) in [6.07, 6.45) is 2.99. The van der Waals surface area contributed by atoms with Crippen LogP contribution in [0.25, 0.3) is 0 Å². The molecule has 2 aromatic carbocycles. The number of carbonyl (C=O) groups excluding carboxylic acids is 1. The highest BCUT2D eigenvalue weighted by atomic mass is 32.2. The van der Waals surface area contributed by atoms with Crippen LogP contribution in [-0.2, 0) is 15.6 Å². The molecule has 1 aliphatic heterocycles. The molecule has 5 nitrogen and oxygen atoms in total. The van der Waals surface area contributed by atoms with Crippen molar-refractivity contribution in [3.63, 3.8) is 0 Å². The Kier molecular flexibility index (Phi) is 5.74. The fraction of sp³-hybridized carbons (Fsp3) is 0.350. The van der Waals surface area contributed by atoms with E-state index >= 15 is 0 Å². The first-order valence-electron chi connectivity index (χ1n) is 8.89. The summed E-state index contributed by atoms with van der Waals surface area (Å²) < 4.78 is 25.1. The van der Waals surface area contributed by atoms with E-state index in [0.717, 1.165) is 24.8 Å². The summed E-state index contributed by atoms with van der Waals surface area (Å²) in [4.78, 5) is 14.8. The number of sulfone groups is 1. The molecule has 1 fully saturated rings. The van der Waals surface area contributed by atoms with Gasteiger partial charge in [0.05, 0.1) is 10.6 Å². The minimum Gasteiger partial charge on any atom is -0.334 e. The van der Waals surface area contributed by atoms with Crippen LogP contribution in [0, 0.1) is 0 Å². The van der Waals surface area contributed by atoms with E-state index < -0.39 is 9.84 Å². The molecule has 1 saturated heterocycles. The summed E-state index contributed by atoms with van der Waals surface area (Å²) in [5.41, 5.74) is 7.04. The molecular formula is C20H24N2O3S. The number of hydrogen-bond acceptors (Lipinski definition) is 4. The van der Waals surface area contributed by atoms with Crippen molar-refractivity contribution < 1.29 is 13.2 Å². The first kappa shape index (κ1) is 18.6. The average Bonchev–Trinajstić information content (AvgIpc) is 2.68. The number of likely N-dealkylation sites (tertiary alicyclic amines) is 1. The zero-order valence-corrected chi connectivity index (χ0v) is 15.5. The smallest absolute Gasteiger partial charge is 0.254 e. The van der Waals surface area contributed by atoms with Gasteiger partial charge in [-0.1, -0.05) is 30.3 Å². The summed E-state index contributed by atoms with van der Waals surface area (Å²) in [6.45, 7) is 1.16. The quantitative estimate of drug-likeness (QED) is 0.875. The Bertz CT molecular complexity index is 848. The minimum absolute atomic E-state index is 0.0531. The van der Waals surface area contributed by atoms with Gasteiger partial charge in [-0.25, -0.2) is 8.42 Å². The largest absolute Gasteiger partial charge is 0.334 e. The van der Waals surface area contributed by atoms with Crippen LogP contribution >= 0.6 is 0 Å². The SMILES string of the molecule is NCC1CCCCN1C(=O)c1ccc(S(=O)(=O)Cc2ccccc2)cc1. The third-order valence-corrected chi connectivity index (χ3v) is 6.52. The Balaban J connectivity index is 1.76. The summed E-state index contributed by atoms with van der Waals surface area (Å²) in [6, 6.07) is 15.4. The van der Waals surface area contributed by atoms with Gasteiger partial charge >= 0.3 is 0 Å². The normalized spacial score (nSPS) is 17.9. The number of carbonyl (C=O) groups is 1. The van der Waals surface area contributed by atoms with Gasteiger partial charge in [0, 0.05) is 24.7 Å². The van der Waals surface area contributed by atoms with Crippen LogP contribution < -0.4 is 5.73 Å². The minimum atomic E-state index is -3.44. The van der Waals surface area contributed by atoms with E-state index in [2.05, 4.69) is 0 Å². The molecule has 1 heterocycles.